The first-order valence-electron chi connectivity index (χ1n) is 5.71. The summed E-state index contributed by atoms with van der Waals surface area (Å²) in [5.41, 5.74) is 8.35. The van der Waals surface area contributed by atoms with Gasteiger partial charge in [0, 0.05) is 17.4 Å². The molecule has 2 aromatic rings. The lowest BCUT2D eigenvalue weighted by Crippen LogP contribution is -2.19. The largest absolute Gasteiger partial charge is 0.382 e. The zero-order chi connectivity index (χ0) is 13.1. The molecule has 94 valence electrons. The number of aromatic nitrogens is 2. The van der Waals surface area contributed by atoms with E-state index in [1.807, 2.05) is 38.1 Å². The van der Waals surface area contributed by atoms with E-state index in [4.69, 9.17) is 5.73 Å². The van der Waals surface area contributed by atoms with Gasteiger partial charge >= 0.3 is 0 Å². The smallest absolute Gasteiger partial charge is 0.246 e. The highest BCUT2D eigenvalue weighted by atomic mass is 16.2. The molecule has 0 aliphatic heterocycles. The number of nitrogens with two attached hydrogens (primary N) is 1. The van der Waals surface area contributed by atoms with Crippen LogP contribution >= 0.6 is 0 Å². The van der Waals surface area contributed by atoms with Crippen LogP contribution in [0.5, 0.6) is 0 Å². The summed E-state index contributed by atoms with van der Waals surface area (Å²) in [5.74, 6) is 0.338. The van der Waals surface area contributed by atoms with E-state index in [1.54, 1.807) is 6.20 Å². The molecule has 0 radical (unpaired) electrons. The Bertz CT molecular complexity index is 555. The number of aryl methyl sites for hydroxylation is 2. The second-order valence-electron chi connectivity index (χ2n) is 4.26. The Balaban J connectivity index is 2.03. The topological polar surface area (TPSA) is 72.9 Å². The fraction of sp³-hybridized carbons (Fsp3) is 0.231. The summed E-state index contributed by atoms with van der Waals surface area (Å²) in [6, 6.07) is 7.64. The third-order valence-electron chi connectivity index (χ3n) is 2.71. The molecule has 0 spiro atoms. The third kappa shape index (κ3) is 2.68. The minimum atomic E-state index is -0.119. The van der Waals surface area contributed by atoms with Crippen molar-refractivity contribution in [3.63, 3.8) is 0 Å². The van der Waals surface area contributed by atoms with Crippen LogP contribution in [-0.2, 0) is 11.3 Å². The predicted octanol–water partition coefficient (Wildman–Crippen LogP) is 1.72. The number of carbonyl (C=O) groups is 1. The molecule has 5 heteroatoms. The van der Waals surface area contributed by atoms with Gasteiger partial charge in [-0.2, -0.15) is 5.10 Å². The normalized spacial score (nSPS) is 10.3. The average Bonchev–Trinajstić information content (AvgIpc) is 2.61. The van der Waals surface area contributed by atoms with Crippen LogP contribution in [0.15, 0.2) is 30.5 Å². The molecule has 18 heavy (non-hydrogen) atoms. The number of benzene rings is 1. The van der Waals surface area contributed by atoms with E-state index in [0.717, 1.165) is 16.8 Å². The van der Waals surface area contributed by atoms with E-state index in [-0.39, 0.29) is 12.5 Å². The first-order valence-corrected chi connectivity index (χ1v) is 5.71. The quantitative estimate of drug-likeness (QED) is 0.863. The van der Waals surface area contributed by atoms with Gasteiger partial charge in [-0.1, -0.05) is 18.2 Å². The van der Waals surface area contributed by atoms with Crippen LogP contribution < -0.4 is 11.1 Å². The summed E-state index contributed by atoms with van der Waals surface area (Å²) >= 11 is 0. The maximum Gasteiger partial charge on any atom is 0.246 e. The minimum absolute atomic E-state index is 0.119. The molecule has 0 unspecified atom stereocenters. The van der Waals surface area contributed by atoms with Crippen molar-refractivity contribution in [2.45, 2.75) is 20.4 Å². The van der Waals surface area contributed by atoms with E-state index in [2.05, 4.69) is 10.4 Å². The van der Waals surface area contributed by atoms with E-state index < -0.39 is 0 Å². The predicted molar refractivity (Wildman–Crippen MR) is 71.2 cm³/mol. The molecular weight excluding hydrogens is 228 g/mol. The third-order valence-corrected chi connectivity index (χ3v) is 2.71. The molecule has 1 heterocycles. The van der Waals surface area contributed by atoms with E-state index >= 15 is 0 Å². The standard InChI is InChI=1S/C13H16N4O/c1-9-5-3-4-6-11(9)15-12(18)8-17-7-10(2)13(14)16-17/h3-7H,8H2,1-2H3,(H2,14,16)(H,15,18). The van der Waals surface area contributed by atoms with Crippen LogP contribution in [0.1, 0.15) is 11.1 Å². The van der Waals surface area contributed by atoms with Gasteiger partial charge in [-0.3, -0.25) is 9.48 Å². The van der Waals surface area contributed by atoms with Crippen LogP contribution in [0.25, 0.3) is 0 Å². The maximum atomic E-state index is 11.8. The number of hydrogen-bond donors (Lipinski definition) is 2. The SMILES string of the molecule is Cc1ccccc1NC(=O)Cn1cc(C)c(N)n1. The lowest BCUT2D eigenvalue weighted by atomic mass is 10.2. The van der Waals surface area contributed by atoms with Gasteiger partial charge in [0.1, 0.15) is 12.4 Å². The van der Waals surface area contributed by atoms with Gasteiger partial charge in [-0.15, -0.1) is 0 Å². The van der Waals surface area contributed by atoms with Crippen molar-refractivity contribution in [3.8, 4) is 0 Å². The molecule has 0 fully saturated rings. The van der Waals surface area contributed by atoms with Gasteiger partial charge < -0.3 is 11.1 Å². The molecule has 2 rings (SSSR count). The van der Waals surface area contributed by atoms with Crippen LogP contribution in [0.4, 0.5) is 11.5 Å². The molecule has 0 bridgehead atoms. The average molecular weight is 244 g/mol. The molecule has 1 amide bonds. The zero-order valence-electron chi connectivity index (χ0n) is 10.5. The van der Waals surface area contributed by atoms with Crippen molar-refractivity contribution >= 4 is 17.4 Å². The maximum absolute atomic E-state index is 11.8. The number of hydrogen-bond acceptors (Lipinski definition) is 3. The van der Waals surface area contributed by atoms with Crippen molar-refractivity contribution in [2.75, 3.05) is 11.1 Å². The van der Waals surface area contributed by atoms with Gasteiger partial charge in [0.2, 0.25) is 5.91 Å². The van der Waals surface area contributed by atoms with Gasteiger partial charge in [-0.05, 0) is 25.5 Å². The molecule has 5 nitrogen and oxygen atoms in total. The van der Waals surface area contributed by atoms with Crippen molar-refractivity contribution < 1.29 is 4.79 Å². The summed E-state index contributed by atoms with van der Waals surface area (Å²) < 4.78 is 1.54. The summed E-state index contributed by atoms with van der Waals surface area (Å²) in [6.45, 7) is 3.97. The fourth-order valence-corrected chi connectivity index (χ4v) is 1.67. The van der Waals surface area contributed by atoms with Crippen molar-refractivity contribution in [3.05, 3.63) is 41.6 Å². The first-order chi connectivity index (χ1) is 8.56. The van der Waals surface area contributed by atoms with Gasteiger partial charge in [0.15, 0.2) is 0 Å². The Morgan fingerprint density at radius 1 is 1.33 bits per heavy atom. The molecule has 0 aliphatic carbocycles. The highest BCUT2D eigenvalue weighted by Crippen LogP contribution is 2.13. The molecular formula is C13H16N4O. The molecule has 1 aromatic carbocycles. The Morgan fingerprint density at radius 3 is 2.67 bits per heavy atom. The Labute approximate surface area is 106 Å². The lowest BCUT2D eigenvalue weighted by molar-refractivity contribution is -0.116. The second kappa shape index (κ2) is 4.91. The first kappa shape index (κ1) is 12.2. The van der Waals surface area contributed by atoms with Crippen LogP contribution in [-0.4, -0.2) is 15.7 Å². The van der Waals surface area contributed by atoms with Crippen LogP contribution in [0.2, 0.25) is 0 Å². The zero-order valence-corrected chi connectivity index (χ0v) is 10.5. The van der Waals surface area contributed by atoms with Gasteiger partial charge in [-0.25, -0.2) is 0 Å². The van der Waals surface area contributed by atoms with Crippen molar-refractivity contribution in [1.82, 2.24) is 9.78 Å². The summed E-state index contributed by atoms with van der Waals surface area (Å²) in [5, 5.41) is 6.89. The Hall–Kier alpha value is -2.30. The number of nitrogens with zero attached hydrogens (tertiary/aromatic N) is 2. The van der Waals surface area contributed by atoms with Crippen LogP contribution in [0.3, 0.4) is 0 Å². The number of nitrogens with one attached hydrogen (secondary N) is 1. The number of rotatable bonds is 3. The van der Waals surface area contributed by atoms with Crippen molar-refractivity contribution in [2.24, 2.45) is 0 Å². The van der Waals surface area contributed by atoms with Gasteiger partial charge in [0.25, 0.3) is 0 Å². The van der Waals surface area contributed by atoms with E-state index in [1.165, 1.54) is 4.68 Å². The Morgan fingerprint density at radius 2 is 2.06 bits per heavy atom. The Kier molecular flexibility index (Phi) is 3.32. The number of para-hydroxylation sites is 1. The number of carbonyl (C=O) groups excluding carboxylic acids is 1. The number of anilines is 2. The fourth-order valence-electron chi connectivity index (χ4n) is 1.67. The minimum Gasteiger partial charge on any atom is -0.382 e. The summed E-state index contributed by atoms with van der Waals surface area (Å²) in [4.78, 5) is 11.8. The molecule has 0 saturated carbocycles. The highest BCUT2D eigenvalue weighted by molar-refractivity contribution is 5.91. The van der Waals surface area contributed by atoms with Gasteiger partial charge in [0.05, 0.1) is 0 Å². The van der Waals surface area contributed by atoms with E-state index in [9.17, 15) is 4.79 Å². The molecule has 3 N–H and O–H groups in total. The van der Waals surface area contributed by atoms with Crippen molar-refractivity contribution in [1.29, 1.82) is 0 Å². The lowest BCUT2D eigenvalue weighted by Gasteiger charge is -2.07. The van der Waals surface area contributed by atoms with Crippen LogP contribution in [0, 0.1) is 13.8 Å². The molecule has 0 aliphatic rings. The second-order valence-corrected chi connectivity index (χ2v) is 4.26. The molecule has 0 saturated heterocycles. The summed E-state index contributed by atoms with van der Waals surface area (Å²) in [7, 11) is 0. The summed E-state index contributed by atoms with van der Waals surface area (Å²) in [6.07, 6.45) is 1.76. The highest BCUT2D eigenvalue weighted by Gasteiger charge is 2.07. The van der Waals surface area contributed by atoms with E-state index in [0.29, 0.717) is 5.82 Å². The monoisotopic (exact) mass is 244 g/mol. The number of nitrogen functional groups attached to an aromatic ring is 1. The molecule has 0 atom stereocenters. The molecule has 1 aromatic heterocycles. The number of amides is 1.